The number of hydrogen-bond acceptors (Lipinski definition) is 6. The van der Waals surface area contributed by atoms with Crippen LogP contribution in [0.15, 0.2) is 158 Å². The van der Waals surface area contributed by atoms with Gasteiger partial charge in [0.25, 0.3) is 0 Å². The Morgan fingerprint density at radius 2 is 1.47 bits per heavy atom. The highest BCUT2D eigenvalue weighted by Crippen LogP contribution is 2.51. The second-order valence-electron chi connectivity index (χ2n) is 16.6. The number of hydrogen-bond donors (Lipinski definition) is 0. The van der Waals surface area contributed by atoms with Crippen molar-refractivity contribution in [1.29, 1.82) is 0 Å². The number of rotatable bonds is 9. The van der Waals surface area contributed by atoms with Gasteiger partial charge in [0.05, 0.1) is 5.41 Å². The van der Waals surface area contributed by atoms with Gasteiger partial charge >= 0.3 is 0 Å². The van der Waals surface area contributed by atoms with Crippen LogP contribution in [-0.4, -0.2) is 34.6 Å². The zero-order valence-corrected chi connectivity index (χ0v) is 36.6. The fraction of sp³-hybridized carbons (Fsp3) is 0.235. The second-order valence-corrected chi connectivity index (χ2v) is 20.0. The van der Waals surface area contributed by atoms with Gasteiger partial charge in [-0.25, -0.2) is 0 Å². The van der Waals surface area contributed by atoms with E-state index in [0.717, 1.165) is 39.3 Å². The summed E-state index contributed by atoms with van der Waals surface area (Å²) in [6, 6.07) is 35.3. The fourth-order valence-electron chi connectivity index (χ4n) is 9.38. The van der Waals surface area contributed by atoms with Crippen molar-refractivity contribution in [1.82, 2.24) is 10.2 Å². The highest BCUT2D eigenvalue weighted by Gasteiger charge is 2.44. The lowest BCUT2D eigenvalue weighted by atomic mass is 9.78. The first-order valence-electron chi connectivity index (χ1n) is 20.1. The molecular formula is C51H49N4S3+. The van der Waals surface area contributed by atoms with Crippen LogP contribution < -0.4 is 4.90 Å². The van der Waals surface area contributed by atoms with Crippen molar-refractivity contribution in [3.63, 3.8) is 0 Å². The molecule has 9 rings (SSSR count). The number of fused-ring (bicyclic) bond motifs is 6. The molecule has 7 heteroatoms. The maximum atomic E-state index is 4.75. The Balaban J connectivity index is 1.08. The first-order chi connectivity index (χ1) is 28.0. The van der Waals surface area contributed by atoms with Crippen LogP contribution in [0.4, 0.5) is 11.4 Å². The number of anilines is 1. The second kappa shape index (κ2) is 15.3. The number of likely N-dealkylation sites (N-methyl/N-ethyl adjacent to an activating group) is 1. The molecule has 0 radical (unpaired) electrons. The lowest BCUT2D eigenvalue weighted by Gasteiger charge is -2.25. The summed E-state index contributed by atoms with van der Waals surface area (Å²) in [6.45, 7) is 13.4. The van der Waals surface area contributed by atoms with Crippen LogP contribution >= 0.6 is 34.9 Å². The van der Waals surface area contributed by atoms with Crippen molar-refractivity contribution < 1.29 is 4.58 Å². The predicted octanol–water partition coefficient (Wildman–Crippen LogP) is 13.8. The molecule has 6 aromatic rings. The van der Waals surface area contributed by atoms with Crippen LogP contribution in [0.5, 0.6) is 0 Å². The number of thioether (sulfide) groups is 2. The van der Waals surface area contributed by atoms with Crippen LogP contribution in [-0.2, 0) is 16.6 Å². The van der Waals surface area contributed by atoms with E-state index in [9.17, 15) is 0 Å². The molecule has 2 aliphatic heterocycles. The summed E-state index contributed by atoms with van der Waals surface area (Å²) in [5, 5.41) is 14.7. The number of nitrogens with zero attached hydrogens (tertiary/aromatic N) is 4. The summed E-state index contributed by atoms with van der Waals surface area (Å²) >= 11 is 5.23. The summed E-state index contributed by atoms with van der Waals surface area (Å²) in [7, 11) is 4.44. The normalized spacial score (nSPS) is 18.7. The quantitative estimate of drug-likeness (QED) is 0.107. The molecule has 0 saturated heterocycles. The first kappa shape index (κ1) is 38.6. The third-order valence-corrected chi connectivity index (χ3v) is 15.7. The van der Waals surface area contributed by atoms with Gasteiger partial charge in [0.1, 0.15) is 7.05 Å². The molecule has 290 valence electrons. The number of benzene rings is 5. The lowest BCUT2D eigenvalue weighted by Crippen LogP contribution is -2.27. The smallest absolute Gasteiger partial charge is 0.210 e. The Labute approximate surface area is 355 Å². The van der Waals surface area contributed by atoms with Crippen molar-refractivity contribution in [2.24, 2.45) is 0 Å². The summed E-state index contributed by atoms with van der Waals surface area (Å²) in [5.74, 6) is 0.854. The van der Waals surface area contributed by atoms with Crippen LogP contribution in [0.25, 0.3) is 27.6 Å². The van der Waals surface area contributed by atoms with E-state index in [1.807, 2.05) is 6.08 Å². The summed E-state index contributed by atoms with van der Waals surface area (Å²) in [6.07, 6.45) is 14.6. The molecule has 3 heterocycles. The van der Waals surface area contributed by atoms with Crippen LogP contribution in [0.3, 0.4) is 0 Å². The minimum absolute atomic E-state index is 0.151. The maximum absolute atomic E-state index is 4.75. The maximum Gasteiger partial charge on any atom is 0.210 e. The molecule has 3 aliphatic rings. The third kappa shape index (κ3) is 6.81. The topological polar surface area (TPSA) is 32.0 Å². The zero-order chi connectivity index (χ0) is 40.2. The molecular weight excluding hydrogens is 765 g/mol. The van der Waals surface area contributed by atoms with E-state index in [4.69, 9.17) is 5.10 Å². The molecule has 5 aromatic carbocycles. The molecule has 0 amide bonds. The Hall–Kier alpha value is -4.95. The molecule has 1 aromatic heterocycles. The van der Waals surface area contributed by atoms with Gasteiger partial charge in [-0.05, 0) is 101 Å². The van der Waals surface area contributed by atoms with Gasteiger partial charge in [-0.15, -0.1) is 10.2 Å². The van der Waals surface area contributed by atoms with E-state index in [0.29, 0.717) is 0 Å². The molecule has 0 fully saturated rings. The van der Waals surface area contributed by atoms with E-state index in [1.165, 1.54) is 77.1 Å². The van der Waals surface area contributed by atoms with Crippen molar-refractivity contribution in [2.75, 3.05) is 19.0 Å². The highest BCUT2D eigenvalue weighted by atomic mass is 32.2. The van der Waals surface area contributed by atoms with Crippen LogP contribution in [0.2, 0.25) is 0 Å². The molecule has 58 heavy (non-hydrogen) atoms. The van der Waals surface area contributed by atoms with Crippen LogP contribution in [0.1, 0.15) is 69.2 Å². The number of allylic oxidation sites excluding steroid dienone is 7. The first-order valence-corrected chi connectivity index (χ1v) is 22.7. The van der Waals surface area contributed by atoms with Gasteiger partial charge in [0.2, 0.25) is 5.69 Å². The van der Waals surface area contributed by atoms with E-state index in [2.05, 4.69) is 184 Å². The van der Waals surface area contributed by atoms with E-state index >= 15 is 0 Å². The average Bonchev–Trinajstić information content (AvgIpc) is 3.83. The molecule has 0 saturated carbocycles. The minimum atomic E-state index is -0.151. The van der Waals surface area contributed by atoms with E-state index in [-0.39, 0.29) is 10.8 Å². The zero-order valence-electron chi connectivity index (χ0n) is 34.2. The SMILES string of the molecule is C=Cc1ccc(CSc2nnc(SC3=C(/C=C/C4=[N+](C)c5ccc6ccccc6c5C4(C)C)CCC/C3=C\C=C3\N(C)c4ccc5ccccc5c4C3(C)C)s2)cc1. The Bertz CT molecular complexity index is 2780. The molecule has 0 atom stereocenters. The average molecular weight is 814 g/mol. The van der Waals surface area contributed by atoms with Crippen molar-refractivity contribution in [3.05, 3.63) is 172 Å². The van der Waals surface area contributed by atoms with Gasteiger partial charge in [0.15, 0.2) is 14.4 Å². The van der Waals surface area contributed by atoms with Gasteiger partial charge in [0, 0.05) is 52.2 Å². The molecule has 1 aliphatic carbocycles. The van der Waals surface area contributed by atoms with Gasteiger partial charge in [-0.2, -0.15) is 4.58 Å². The van der Waals surface area contributed by atoms with Crippen LogP contribution in [0, 0.1) is 0 Å². The van der Waals surface area contributed by atoms with Gasteiger partial charge in [-0.1, -0.05) is 152 Å². The molecule has 4 nitrogen and oxygen atoms in total. The summed E-state index contributed by atoms with van der Waals surface area (Å²) in [4.78, 5) is 3.70. The monoisotopic (exact) mass is 813 g/mol. The van der Waals surface area contributed by atoms with Crippen molar-refractivity contribution in [2.45, 2.75) is 72.2 Å². The fourth-order valence-corrected chi connectivity index (χ4v) is 12.6. The van der Waals surface area contributed by atoms with Gasteiger partial charge < -0.3 is 4.90 Å². The van der Waals surface area contributed by atoms with E-state index in [1.54, 1.807) is 34.9 Å². The molecule has 0 N–H and O–H groups in total. The molecule has 0 spiro atoms. The highest BCUT2D eigenvalue weighted by molar-refractivity contribution is 8.05. The Kier molecular flexibility index (Phi) is 10.2. The van der Waals surface area contributed by atoms with Gasteiger partial charge in [-0.3, -0.25) is 0 Å². The molecule has 0 bridgehead atoms. The van der Waals surface area contributed by atoms with Crippen molar-refractivity contribution in [3.8, 4) is 0 Å². The summed E-state index contributed by atoms with van der Waals surface area (Å²) in [5.41, 5.74) is 12.8. The third-order valence-electron chi connectivity index (χ3n) is 12.3. The lowest BCUT2D eigenvalue weighted by molar-refractivity contribution is -0.401. The largest absolute Gasteiger partial charge is 0.347 e. The summed E-state index contributed by atoms with van der Waals surface area (Å²) < 4.78 is 4.37. The Morgan fingerprint density at radius 1 is 0.776 bits per heavy atom. The molecule has 0 unspecified atom stereocenters. The van der Waals surface area contributed by atoms with Crippen molar-refractivity contribution >= 4 is 79.6 Å². The standard InChI is InChI=1S/C51H49N4S3/c1-8-33-20-22-34(23-21-33)32-56-48-52-53-49(58-48)57-47-37(26-30-43-50(2,3)45-39-18-11-9-14-35(39)24-28-41(45)54(43)6)16-13-17-38(47)27-31-44-51(4,5)46-40-19-12-10-15-36(40)25-29-42(46)55(44)7/h8-12,14-15,18-31H,1,13,16-17,32H2,2-7H3/q+1. The minimum Gasteiger partial charge on any atom is -0.347 e. The Morgan fingerprint density at radius 3 is 2.21 bits per heavy atom. The number of aromatic nitrogens is 2. The predicted molar refractivity (Wildman–Crippen MR) is 251 cm³/mol. The van der Waals surface area contributed by atoms with E-state index < -0.39 is 0 Å².